The van der Waals surface area contributed by atoms with Crippen LogP contribution in [0, 0.1) is 23.2 Å². The Morgan fingerprint density at radius 2 is 1.84 bits per heavy atom. The zero-order chi connectivity index (χ0) is 29.6. The Bertz CT molecular complexity index is 1610. The van der Waals surface area contributed by atoms with Crippen LogP contribution in [0.5, 0.6) is 5.75 Å². The van der Waals surface area contributed by atoms with Gasteiger partial charge in [0.05, 0.1) is 36.9 Å². The third-order valence-electron chi connectivity index (χ3n) is 9.15. The number of anilines is 4. The van der Waals surface area contributed by atoms with Crippen molar-refractivity contribution in [3.8, 4) is 17.1 Å². The average molecular weight is 584 g/mol. The van der Waals surface area contributed by atoms with Crippen molar-refractivity contribution in [3.05, 3.63) is 48.7 Å². The number of hydrogen-bond donors (Lipinski definition) is 2. The van der Waals surface area contributed by atoms with Crippen LogP contribution in [0.4, 0.5) is 23.1 Å². The molecule has 1 aromatic carbocycles. The number of nitrogens with zero attached hydrogens (tertiary/aromatic N) is 7. The first-order valence-corrected chi connectivity index (χ1v) is 15.0. The molecule has 43 heavy (non-hydrogen) atoms. The number of ether oxygens (including phenoxy) is 2. The fraction of sp³-hybridized carbons (Fsp3) is 0.484. The molecule has 3 heterocycles. The summed E-state index contributed by atoms with van der Waals surface area (Å²) >= 11 is 0. The maximum Gasteiger partial charge on any atom is 0.343 e. The van der Waals surface area contributed by atoms with Crippen molar-refractivity contribution < 1.29 is 14.3 Å². The van der Waals surface area contributed by atoms with Crippen molar-refractivity contribution in [2.45, 2.75) is 52.0 Å². The lowest BCUT2D eigenvalue weighted by molar-refractivity contribution is -0.0635. The maximum absolute atomic E-state index is 12.8. The highest BCUT2D eigenvalue weighted by atomic mass is 16.5. The van der Waals surface area contributed by atoms with Gasteiger partial charge >= 0.3 is 5.97 Å². The van der Waals surface area contributed by atoms with E-state index in [1.165, 1.54) is 44.7 Å². The minimum absolute atomic E-state index is 0.202. The number of rotatable bonds is 10. The van der Waals surface area contributed by atoms with Crippen LogP contribution in [0.1, 0.15) is 55.8 Å². The fourth-order valence-electron chi connectivity index (χ4n) is 7.99. The number of carbonyl (C=O) groups is 1. The van der Waals surface area contributed by atoms with Crippen LogP contribution in [-0.2, 0) is 18.3 Å². The predicted octanol–water partition coefficient (Wildman–Crippen LogP) is 5.36. The van der Waals surface area contributed by atoms with Crippen molar-refractivity contribution >= 4 is 29.1 Å². The summed E-state index contributed by atoms with van der Waals surface area (Å²) in [5.41, 5.74) is 2.66. The van der Waals surface area contributed by atoms with Crippen LogP contribution in [0.25, 0.3) is 11.4 Å². The molecule has 4 bridgehead atoms. The lowest BCUT2D eigenvalue weighted by Crippen LogP contribution is -2.47. The van der Waals surface area contributed by atoms with E-state index in [1.54, 1.807) is 32.1 Å². The predicted molar refractivity (Wildman–Crippen MR) is 160 cm³/mol. The Morgan fingerprint density at radius 3 is 2.51 bits per heavy atom. The molecule has 0 unspecified atom stereocenters. The van der Waals surface area contributed by atoms with Crippen molar-refractivity contribution in [2.75, 3.05) is 24.4 Å². The second-order valence-electron chi connectivity index (χ2n) is 12.4. The van der Waals surface area contributed by atoms with Gasteiger partial charge in [0, 0.05) is 26.0 Å². The molecule has 4 aliphatic carbocycles. The van der Waals surface area contributed by atoms with E-state index < -0.39 is 5.97 Å². The molecule has 3 aromatic heterocycles. The van der Waals surface area contributed by atoms with Crippen LogP contribution in [0.15, 0.2) is 43.1 Å². The highest BCUT2D eigenvalue weighted by Gasteiger charge is 2.51. The minimum atomic E-state index is -0.526. The number of benzene rings is 1. The number of aryl methyl sites for hydroxylation is 1. The summed E-state index contributed by atoms with van der Waals surface area (Å²) in [6.07, 6.45) is 15.2. The van der Waals surface area contributed by atoms with E-state index >= 15 is 0 Å². The SMILES string of the molecule is CCOC(=O)c1cnc(Nc2cnn(CC34CC5CC(CC(C5)C3)C4)c2)nc1Nc1cccc(-c2ncn(C)n2)c1OC. The Kier molecular flexibility index (Phi) is 6.98. The second kappa shape index (κ2) is 11.0. The maximum atomic E-state index is 12.8. The van der Waals surface area contributed by atoms with E-state index in [4.69, 9.17) is 14.6 Å². The number of nitrogens with one attached hydrogen (secondary N) is 2. The van der Waals surface area contributed by atoms with Gasteiger partial charge < -0.3 is 20.1 Å². The topological polar surface area (TPSA) is 134 Å². The molecule has 8 rings (SSSR count). The number of aromatic nitrogens is 7. The molecule has 0 amide bonds. The van der Waals surface area contributed by atoms with E-state index in [9.17, 15) is 4.79 Å². The zero-order valence-corrected chi connectivity index (χ0v) is 24.8. The summed E-state index contributed by atoms with van der Waals surface area (Å²) in [6.45, 7) is 2.94. The molecule has 4 aromatic rings. The van der Waals surface area contributed by atoms with E-state index in [-0.39, 0.29) is 18.0 Å². The number of para-hydroxylation sites is 1. The molecular weight excluding hydrogens is 546 g/mol. The monoisotopic (exact) mass is 583 g/mol. The summed E-state index contributed by atoms with van der Waals surface area (Å²) < 4.78 is 14.7. The Labute approximate surface area is 250 Å². The first-order valence-electron chi connectivity index (χ1n) is 15.0. The molecule has 224 valence electrons. The molecule has 2 N–H and O–H groups in total. The number of esters is 1. The van der Waals surface area contributed by atoms with Crippen LogP contribution in [0.2, 0.25) is 0 Å². The van der Waals surface area contributed by atoms with Gasteiger partial charge in [0.1, 0.15) is 11.9 Å². The first-order chi connectivity index (χ1) is 20.9. The van der Waals surface area contributed by atoms with Gasteiger partial charge in [0.2, 0.25) is 5.95 Å². The lowest BCUT2D eigenvalue weighted by Gasteiger charge is -2.56. The van der Waals surface area contributed by atoms with Crippen molar-refractivity contribution in [2.24, 2.45) is 30.2 Å². The van der Waals surface area contributed by atoms with Crippen LogP contribution < -0.4 is 15.4 Å². The zero-order valence-electron chi connectivity index (χ0n) is 24.8. The fourth-order valence-corrected chi connectivity index (χ4v) is 7.99. The van der Waals surface area contributed by atoms with Crippen LogP contribution in [-0.4, -0.2) is 54.2 Å². The van der Waals surface area contributed by atoms with Gasteiger partial charge in [-0.15, -0.1) is 0 Å². The molecule has 0 aliphatic heterocycles. The summed E-state index contributed by atoms with van der Waals surface area (Å²) in [5.74, 6) is 3.81. The minimum Gasteiger partial charge on any atom is -0.494 e. The van der Waals surface area contributed by atoms with E-state index in [0.717, 1.165) is 30.0 Å². The molecular formula is C31H37N9O3. The smallest absolute Gasteiger partial charge is 0.343 e. The van der Waals surface area contributed by atoms with Gasteiger partial charge in [-0.05, 0) is 80.8 Å². The molecule has 0 radical (unpaired) electrons. The standard InChI is InChI=1S/C31H37N9O3/c1-4-43-29(41)24-15-32-30(37-28(24)36-25-7-5-6-23(26(25)42-3)27-33-18-39(2)38-27)35-22-14-34-40(16-22)17-31-11-19-8-20(12-31)10-21(9-19)13-31/h5-7,14-16,18-21H,4,8-13,17H2,1-3H3,(H2,32,35,36,37). The van der Waals surface area contributed by atoms with Gasteiger partial charge in [-0.2, -0.15) is 15.2 Å². The molecule has 4 saturated carbocycles. The largest absolute Gasteiger partial charge is 0.494 e. The van der Waals surface area contributed by atoms with Gasteiger partial charge in [-0.25, -0.2) is 14.8 Å². The van der Waals surface area contributed by atoms with Crippen LogP contribution in [0.3, 0.4) is 0 Å². The summed E-state index contributed by atoms with van der Waals surface area (Å²) in [5, 5.41) is 15.6. The van der Waals surface area contributed by atoms with Gasteiger partial charge in [-0.1, -0.05) is 6.07 Å². The summed E-state index contributed by atoms with van der Waals surface area (Å²) in [6, 6.07) is 5.57. The van der Waals surface area contributed by atoms with Crippen LogP contribution >= 0.6 is 0 Å². The molecule has 0 saturated heterocycles. The Morgan fingerprint density at radius 1 is 1.07 bits per heavy atom. The lowest BCUT2D eigenvalue weighted by atomic mass is 9.49. The normalized spacial score (nSPS) is 23.7. The van der Waals surface area contributed by atoms with Crippen molar-refractivity contribution in [1.29, 1.82) is 0 Å². The summed E-state index contributed by atoms with van der Waals surface area (Å²) in [4.78, 5) is 26.3. The molecule has 12 nitrogen and oxygen atoms in total. The van der Waals surface area contributed by atoms with Gasteiger partial charge in [-0.3, -0.25) is 9.36 Å². The highest BCUT2D eigenvalue weighted by Crippen LogP contribution is 2.60. The Hall–Kier alpha value is -4.48. The number of hydrogen-bond acceptors (Lipinski definition) is 10. The number of carbonyl (C=O) groups excluding carboxylic acids is 1. The molecule has 0 atom stereocenters. The summed E-state index contributed by atoms with van der Waals surface area (Å²) in [7, 11) is 3.38. The highest BCUT2D eigenvalue weighted by molar-refractivity contribution is 5.96. The molecule has 4 aliphatic rings. The van der Waals surface area contributed by atoms with Crippen molar-refractivity contribution in [3.63, 3.8) is 0 Å². The first kappa shape index (κ1) is 27.4. The van der Waals surface area contributed by atoms with Crippen molar-refractivity contribution in [1.82, 2.24) is 34.5 Å². The van der Waals surface area contributed by atoms with E-state index in [1.807, 2.05) is 30.6 Å². The van der Waals surface area contributed by atoms with Gasteiger partial charge in [0.25, 0.3) is 0 Å². The Balaban J connectivity index is 1.14. The molecule has 0 spiro atoms. The van der Waals surface area contributed by atoms with Gasteiger partial charge in [0.15, 0.2) is 17.4 Å². The van der Waals surface area contributed by atoms with E-state index in [2.05, 4.69) is 35.4 Å². The third-order valence-corrected chi connectivity index (χ3v) is 9.15. The second-order valence-corrected chi connectivity index (χ2v) is 12.4. The quantitative estimate of drug-likeness (QED) is 0.235. The average Bonchev–Trinajstić information content (AvgIpc) is 3.60. The number of methoxy groups -OCH3 is 1. The van der Waals surface area contributed by atoms with E-state index in [0.29, 0.717) is 34.2 Å². The molecule has 12 heteroatoms. The third kappa shape index (κ3) is 5.41. The molecule has 4 fully saturated rings.